The smallest absolute Gasteiger partial charge is 0.257 e. The molecule has 200 valence electrons. The topological polar surface area (TPSA) is 134 Å². The van der Waals surface area contributed by atoms with Gasteiger partial charge in [-0.2, -0.15) is 0 Å². The van der Waals surface area contributed by atoms with Crippen molar-refractivity contribution in [3.63, 3.8) is 0 Å². The van der Waals surface area contributed by atoms with Crippen LogP contribution in [0, 0.1) is 16.7 Å². The lowest BCUT2D eigenvalue weighted by atomic mass is 10.0. The molecule has 2 fully saturated rings. The van der Waals surface area contributed by atoms with Crippen LogP contribution in [-0.4, -0.2) is 48.6 Å². The van der Waals surface area contributed by atoms with Gasteiger partial charge in [0.05, 0.1) is 17.0 Å². The molecule has 2 heterocycles. The molecule has 1 saturated carbocycles. The van der Waals surface area contributed by atoms with Crippen molar-refractivity contribution >= 4 is 44.3 Å². The Bertz CT molecular complexity index is 1540. The van der Waals surface area contributed by atoms with Gasteiger partial charge in [0.2, 0.25) is 21.8 Å². The van der Waals surface area contributed by atoms with E-state index in [9.17, 15) is 22.8 Å². The zero-order valence-corrected chi connectivity index (χ0v) is 22.7. The molecule has 1 saturated heterocycles. The molecule has 38 heavy (non-hydrogen) atoms. The maximum absolute atomic E-state index is 14.0. The Morgan fingerprint density at radius 3 is 2.29 bits per heavy atom. The average Bonchev–Trinajstić information content (AvgIpc) is 3.16. The minimum absolute atomic E-state index is 0.120. The number of carbonyl (C=O) groups excluding carboxylic acids is 3. The number of H-pyrrole nitrogens is 1. The molecule has 3 N–H and O–H groups in total. The van der Waals surface area contributed by atoms with Gasteiger partial charge in [-0.3, -0.25) is 14.4 Å². The highest BCUT2D eigenvalue weighted by atomic mass is 32.2. The van der Waals surface area contributed by atoms with Gasteiger partial charge >= 0.3 is 0 Å². The summed E-state index contributed by atoms with van der Waals surface area (Å²) >= 11 is 0. The SMILES string of the molecule is CC1(C)C(C(=O)N(CCc2c[nH]c3ccccc23)C2CC(=O)N(c3ccc(S(N)(=O)=O)cc3)C2=O)C1(C)C. The second-order valence-corrected chi connectivity index (χ2v) is 12.9. The van der Waals surface area contributed by atoms with Crippen molar-refractivity contribution in [2.45, 2.75) is 51.5 Å². The van der Waals surface area contributed by atoms with Gasteiger partial charge in [-0.15, -0.1) is 0 Å². The van der Waals surface area contributed by atoms with Crippen molar-refractivity contribution in [2.75, 3.05) is 11.4 Å². The summed E-state index contributed by atoms with van der Waals surface area (Å²) < 4.78 is 23.2. The number of imide groups is 1. The third-order valence-corrected chi connectivity index (χ3v) is 9.70. The fourth-order valence-electron chi connectivity index (χ4n) is 5.89. The number of nitrogens with one attached hydrogen (secondary N) is 1. The molecule has 0 bridgehead atoms. The first-order valence-electron chi connectivity index (χ1n) is 12.6. The molecule has 0 radical (unpaired) electrons. The van der Waals surface area contributed by atoms with Crippen LogP contribution in [-0.2, 0) is 30.8 Å². The molecule has 3 aromatic rings. The molecule has 9 nitrogen and oxygen atoms in total. The summed E-state index contributed by atoms with van der Waals surface area (Å²) in [5, 5.41) is 6.23. The van der Waals surface area contributed by atoms with Crippen molar-refractivity contribution < 1.29 is 22.8 Å². The lowest BCUT2D eigenvalue weighted by Gasteiger charge is -2.29. The minimum atomic E-state index is -3.92. The second kappa shape index (κ2) is 8.78. The Kier molecular flexibility index (Phi) is 6.03. The van der Waals surface area contributed by atoms with Crippen molar-refractivity contribution in [1.82, 2.24) is 9.88 Å². The zero-order chi connectivity index (χ0) is 27.6. The van der Waals surface area contributed by atoms with Gasteiger partial charge in [0.1, 0.15) is 6.04 Å². The highest BCUT2D eigenvalue weighted by molar-refractivity contribution is 7.89. The first-order valence-corrected chi connectivity index (χ1v) is 14.1. The molecule has 1 aliphatic heterocycles. The average molecular weight is 537 g/mol. The Hall–Kier alpha value is -3.50. The van der Waals surface area contributed by atoms with Gasteiger partial charge in [-0.25, -0.2) is 18.5 Å². The Balaban J connectivity index is 1.44. The highest BCUT2D eigenvalue weighted by Crippen LogP contribution is 2.69. The highest BCUT2D eigenvalue weighted by Gasteiger charge is 2.69. The number of aromatic nitrogens is 1. The fourth-order valence-corrected chi connectivity index (χ4v) is 6.41. The number of para-hydroxylation sites is 1. The summed E-state index contributed by atoms with van der Waals surface area (Å²) in [5.41, 5.74) is 1.78. The van der Waals surface area contributed by atoms with Gasteiger partial charge in [0.25, 0.3) is 5.91 Å². The van der Waals surface area contributed by atoms with Crippen LogP contribution in [0.1, 0.15) is 39.7 Å². The van der Waals surface area contributed by atoms with E-state index in [0.29, 0.717) is 6.42 Å². The molecule has 0 spiro atoms. The van der Waals surface area contributed by atoms with Crippen LogP contribution in [0.2, 0.25) is 0 Å². The van der Waals surface area contributed by atoms with E-state index < -0.39 is 27.9 Å². The molecule has 1 aliphatic carbocycles. The molecular weight excluding hydrogens is 504 g/mol. The van der Waals surface area contributed by atoms with Gasteiger partial charge in [0.15, 0.2) is 0 Å². The van der Waals surface area contributed by atoms with Crippen LogP contribution >= 0.6 is 0 Å². The van der Waals surface area contributed by atoms with Gasteiger partial charge in [-0.1, -0.05) is 45.9 Å². The third-order valence-electron chi connectivity index (χ3n) is 8.77. The number of sulfonamides is 1. The quantitative estimate of drug-likeness (QED) is 0.447. The maximum Gasteiger partial charge on any atom is 0.257 e. The number of primary sulfonamides is 1. The minimum Gasteiger partial charge on any atom is -0.361 e. The van der Waals surface area contributed by atoms with E-state index >= 15 is 0 Å². The summed E-state index contributed by atoms with van der Waals surface area (Å²) in [6.07, 6.45) is 2.30. The van der Waals surface area contributed by atoms with E-state index in [0.717, 1.165) is 21.4 Å². The number of nitrogens with zero attached hydrogens (tertiary/aromatic N) is 2. The zero-order valence-electron chi connectivity index (χ0n) is 21.9. The molecule has 3 amide bonds. The Labute approximate surface area is 222 Å². The van der Waals surface area contributed by atoms with E-state index in [1.54, 1.807) is 4.90 Å². The van der Waals surface area contributed by atoms with Gasteiger partial charge in [0, 0.05) is 29.6 Å². The number of anilines is 1. The van der Waals surface area contributed by atoms with Crippen LogP contribution in [0.3, 0.4) is 0 Å². The largest absolute Gasteiger partial charge is 0.361 e. The van der Waals surface area contributed by atoms with Crippen molar-refractivity contribution in [3.05, 3.63) is 60.3 Å². The van der Waals surface area contributed by atoms with Crippen LogP contribution in [0.4, 0.5) is 5.69 Å². The first-order chi connectivity index (χ1) is 17.7. The fraction of sp³-hybridized carbons (Fsp3) is 0.393. The van der Waals surface area contributed by atoms with Crippen LogP contribution < -0.4 is 10.0 Å². The lowest BCUT2D eigenvalue weighted by molar-refractivity contribution is -0.140. The van der Waals surface area contributed by atoms with Gasteiger partial charge < -0.3 is 9.88 Å². The molecule has 1 aromatic heterocycles. The second-order valence-electron chi connectivity index (χ2n) is 11.3. The molecule has 1 unspecified atom stereocenters. The van der Waals surface area contributed by atoms with Crippen molar-refractivity contribution in [1.29, 1.82) is 0 Å². The molecule has 2 aliphatic rings. The maximum atomic E-state index is 14.0. The van der Waals surface area contributed by atoms with Crippen molar-refractivity contribution in [3.8, 4) is 0 Å². The third kappa shape index (κ3) is 4.12. The number of fused-ring (bicyclic) bond motifs is 1. The standard InChI is InChI=1S/C28H32N4O5S/c1-27(2)24(28(27,3)4)26(35)31(14-13-17-16-30-21-8-6-5-7-20(17)21)22-15-23(33)32(25(22)34)18-9-11-19(12-10-18)38(29,36)37/h5-12,16,22,24,30H,13-15H2,1-4H3,(H2,29,36,37). The molecule has 5 rings (SSSR count). The van der Waals surface area contributed by atoms with E-state index in [-0.39, 0.29) is 46.2 Å². The van der Waals surface area contributed by atoms with E-state index in [1.807, 2.05) is 58.2 Å². The predicted octanol–water partition coefficient (Wildman–Crippen LogP) is 3.20. The summed E-state index contributed by atoms with van der Waals surface area (Å²) in [4.78, 5) is 46.4. The van der Waals surface area contributed by atoms with Gasteiger partial charge in [-0.05, 0) is 53.1 Å². The number of hydrogen-bond acceptors (Lipinski definition) is 5. The molecule has 2 aromatic carbocycles. The van der Waals surface area contributed by atoms with Crippen molar-refractivity contribution in [2.24, 2.45) is 21.9 Å². The number of amides is 3. The van der Waals surface area contributed by atoms with E-state index in [4.69, 9.17) is 5.14 Å². The molecule has 1 atom stereocenters. The monoisotopic (exact) mass is 536 g/mol. The number of carbonyl (C=O) groups is 3. The predicted molar refractivity (Wildman–Crippen MR) is 143 cm³/mol. The lowest BCUT2D eigenvalue weighted by Crippen LogP contribution is -2.47. The first kappa shape index (κ1) is 26.1. The Morgan fingerprint density at radius 2 is 1.68 bits per heavy atom. The number of benzene rings is 2. The summed E-state index contributed by atoms with van der Waals surface area (Å²) in [6, 6.07) is 12.2. The summed E-state index contributed by atoms with van der Waals surface area (Å²) in [7, 11) is -3.92. The number of rotatable bonds is 7. The normalized spacial score (nSPS) is 20.8. The summed E-state index contributed by atoms with van der Waals surface area (Å²) in [6.45, 7) is 8.48. The van der Waals surface area contributed by atoms with E-state index in [2.05, 4.69) is 4.98 Å². The summed E-state index contributed by atoms with van der Waals surface area (Å²) in [5.74, 6) is -1.34. The number of nitrogens with two attached hydrogens (primary N) is 1. The van der Waals surface area contributed by atoms with Crippen LogP contribution in [0.5, 0.6) is 0 Å². The number of aromatic amines is 1. The Morgan fingerprint density at radius 1 is 1.05 bits per heavy atom. The molecule has 10 heteroatoms. The molecular formula is C28H32N4O5S. The van der Waals surface area contributed by atoms with Crippen LogP contribution in [0.15, 0.2) is 59.6 Å². The van der Waals surface area contributed by atoms with E-state index in [1.165, 1.54) is 24.3 Å². The number of hydrogen-bond donors (Lipinski definition) is 2. The van der Waals surface area contributed by atoms with Crippen LogP contribution in [0.25, 0.3) is 10.9 Å².